The summed E-state index contributed by atoms with van der Waals surface area (Å²) >= 11 is 0.586. The fourth-order valence-corrected chi connectivity index (χ4v) is 4.81. The van der Waals surface area contributed by atoms with E-state index in [1.807, 2.05) is 6.92 Å². The first-order valence-electron chi connectivity index (χ1n) is 12.0. The molecule has 0 unspecified atom stereocenters. The molecule has 1 fully saturated rings. The van der Waals surface area contributed by atoms with Crippen molar-refractivity contribution in [2.24, 2.45) is 0 Å². The third kappa shape index (κ3) is 6.51. The second-order valence-corrected chi connectivity index (χ2v) is 12.1. The lowest BCUT2D eigenvalue weighted by Gasteiger charge is -2.39. The Hall–Kier alpha value is -2.60. The molecule has 1 aliphatic heterocycles. The minimum absolute atomic E-state index is 0.00155. The highest BCUT2D eigenvalue weighted by Gasteiger charge is 2.40. The number of rotatable bonds is 6. The van der Waals surface area contributed by atoms with Crippen molar-refractivity contribution in [1.29, 1.82) is 0 Å². The quantitative estimate of drug-likeness (QED) is 0.478. The molecule has 4 radical (unpaired) electrons. The number of halogens is 3. The fourth-order valence-electron chi connectivity index (χ4n) is 3.83. The monoisotopic (exact) mass is 547 g/mol. The number of aromatic nitrogens is 2. The Bertz CT molecular complexity index is 1220. The number of nitrogens with zero attached hydrogens (tertiary/aromatic N) is 3. The lowest BCUT2D eigenvalue weighted by atomic mass is 9.54. The number of thiazole rings is 1. The van der Waals surface area contributed by atoms with Gasteiger partial charge >= 0.3 is 6.18 Å². The number of anilines is 1. The summed E-state index contributed by atoms with van der Waals surface area (Å²) in [6.07, 6.45) is -2.32. The summed E-state index contributed by atoms with van der Waals surface area (Å²) in [6, 6.07) is 0.718. The molecule has 1 aliphatic rings. The molecular formula is C24H30B2F3N5O3S. The van der Waals surface area contributed by atoms with E-state index < -0.39 is 45.6 Å². The normalized spacial score (nSPS) is 17.0. The van der Waals surface area contributed by atoms with Crippen molar-refractivity contribution in [3.63, 3.8) is 0 Å². The largest absolute Gasteiger partial charge is 0.417 e. The summed E-state index contributed by atoms with van der Waals surface area (Å²) in [5, 5.41) is 12.9. The van der Waals surface area contributed by atoms with Gasteiger partial charge in [0, 0.05) is 29.9 Å². The minimum atomic E-state index is -4.80. The predicted octanol–water partition coefficient (Wildman–Crippen LogP) is 3.55. The predicted molar refractivity (Wildman–Crippen MR) is 141 cm³/mol. The number of alkyl halides is 3. The Morgan fingerprint density at radius 3 is 2.32 bits per heavy atom. The van der Waals surface area contributed by atoms with Gasteiger partial charge in [0.15, 0.2) is 5.01 Å². The Balaban J connectivity index is 2.17. The van der Waals surface area contributed by atoms with Gasteiger partial charge in [0.05, 0.1) is 31.7 Å². The van der Waals surface area contributed by atoms with Crippen LogP contribution in [0.2, 0.25) is 0 Å². The zero-order valence-corrected chi connectivity index (χ0v) is 23.0. The molecule has 2 aromatic rings. The first-order valence-corrected chi connectivity index (χ1v) is 12.8. The average Bonchev–Trinajstić information content (AvgIpc) is 3.37. The van der Waals surface area contributed by atoms with Crippen molar-refractivity contribution in [2.75, 3.05) is 11.9 Å². The molecule has 3 rings (SSSR count). The number of likely N-dealkylation sites (tertiary alicyclic amines) is 1. The van der Waals surface area contributed by atoms with Crippen LogP contribution in [-0.2, 0) is 6.18 Å². The van der Waals surface area contributed by atoms with E-state index in [0.29, 0.717) is 17.9 Å². The van der Waals surface area contributed by atoms with E-state index >= 15 is 0 Å². The van der Waals surface area contributed by atoms with Gasteiger partial charge in [0.25, 0.3) is 11.8 Å². The number of nitrogens with one attached hydrogen (secondary N) is 2. The molecule has 0 spiro atoms. The Kier molecular flexibility index (Phi) is 8.02. The van der Waals surface area contributed by atoms with E-state index in [4.69, 9.17) is 15.7 Å². The van der Waals surface area contributed by atoms with Crippen LogP contribution in [0.25, 0.3) is 10.4 Å². The van der Waals surface area contributed by atoms with Crippen molar-refractivity contribution in [3.8, 4) is 10.4 Å². The van der Waals surface area contributed by atoms with Gasteiger partial charge < -0.3 is 20.6 Å². The summed E-state index contributed by atoms with van der Waals surface area (Å²) < 4.78 is 42.8. The van der Waals surface area contributed by atoms with Crippen LogP contribution >= 0.6 is 11.3 Å². The lowest BCUT2D eigenvalue weighted by molar-refractivity contribution is -0.137. The zero-order chi connectivity index (χ0) is 28.8. The minimum Gasteiger partial charge on any atom is -0.390 e. The molecule has 8 nitrogen and oxygen atoms in total. The van der Waals surface area contributed by atoms with E-state index in [1.165, 1.54) is 18.7 Å². The number of hydrogen-bond donors (Lipinski definition) is 3. The average molecular weight is 547 g/mol. The molecule has 2 aromatic heterocycles. The molecule has 0 bridgehead atoms. The van der Waals surface area contributed by atoms with Crippen molar-refractivity contribution >= 4 is 44.7 Å². The maximum Gasteiger partial charge on any atom is 0.417 e. The topological polar surface area (TPSA) is 107 Å². The second-order valence-electron chi connectivity index (χ2n) is 11.1. The highest BCUT2D eigenvalue weighted by atomic mass is 32.1. The van der Waals surface area contributed by atoms with E-state index in [-0.39, 0.29) is 27.4 Å². The van der Waals surface area contributed by atoms with Crippen LogP contribution in [-0.4, -0.2) is 76.5 Å². The Labute approximate surface area is 226 Å². The summed E-state index contributed by atoms with van der Waals surface area (Å²) in [4.78, 5) is 36.1. The number of pyridine rings is 1. The van der Waals surface area contributed by atoms with Gasteiger partial charge in [-0.3, -0.25) is 9.59 Å². The fraction of sp³-hybridized carbons (Fsp3) is 0.583. The molecule has 0 saturated carbocycles. The highest BCUT2D eigenvalue weighted by Crippen LogP contribution is 2.42. The molecule has 14 heteroatoms. The van der Waals surface area contributed by atoms with Gasteiger partial charge in [-0.15, -0.1) is 11.3 Å². The van der Waals surface area contributed by atoms with Crippen molar-refractivity contribution in [2.45, 2.75) is 83.1 Å². The number of carbonyl (C=O) groups excluding carboxylic acids is 2. The Morgan fingerprint density at radius 1 is 1.18 bits per heavy atom. The maximum atomic E-state index is 14.3. The summed E-state index contributed by atoms with van der Waals surface area (Å²) in [5.74, 6) is -1.55. The third-order valence-electron chi connectivity index (χ3n) is 6.13. The number of hydrogen-bond acceptors (Lipinski definition) is 7. The lowest BCUT2D eigenvalue weighted by Crippen LogP contribution is -2.63. The summed E-state index contributed by atoms with van der Waals surface area (Å²) in [6.45, 7) is 10.1. The van der Waals surface area contributed by atoms with Gasteiger partial charge in [0.1, 0.15) is 11.5 Å². The third-order valence-corrected chi connectivity index (χ3v) is 7.22. The van der Waals surface area contributed by atoms with Crippen LogP contribution in [0.1, 0.15) is 80.2 Å². The van der Waals surface area contributed by atoms with Crippen LogP contribution in [0, 0.1) is 0 Å². The highest BCUT2D eigenvalue weighted by molar-refractivity contribution is 7.17. The maximum absolute atomic E-state index is 14.3. The molecule has 1 atom stereocenters. The standard InChI is InChI=1S/C24H30B2F3N5O3S/c1-12-8-7-9-34(12)20(36)16-17(38-19(31-16)18(35)33-24(25,26)22(5,6)37)13-11-30-15(32-21(2,3)4)10-14(13)23(27,28)29/h10-12,37H,7-9H2,1-6H3,(H,30,32)(H,33,35)/t12-/m0/s1. The smallest absolute Gasteiger partial charge is 0.390 e. The van der Waals surface area contributed by atoms with E-state index in [1.54, 1.807) is 20.8 Å². The summed E-state index contributed by atoms with van der Waals surface area (Å²) in [5.41, 5.74) is -4.05. The Morgan fingerprint density at radius 2 is 1.82 bits per heavy atom. The van der Waals surface area contributed by atoms with Gasteiger partial charge in [0.2, 0.25) is 0 Å². The van der Waals surface area contributed by atoms with Crippen molar-refractivity contribution in [3.05, 3.63) is 28.5 Å². The van der Waals surface area contributed by atoms with Gasteiger partial charge in [-0.05, 0) is 65.8 Å². The SMILES string of the molecule is [B]C([B])(NC(=O)c1nc(C(=O)N2CCC[C@@H]2C)c(-c2cnc(NC(C)(C)C)cc2C(F)(F)F)s1)C(C)(C)O. The molecule has 3 N–H and O–H groups in total. The first kappa shape index (κ1) is 29.9. The molecular weight excluding hydrogens is 517 g/mol. The van der Waals surface area contributed by atoms with Crippen LogP contribution in [0.15, 0.2) is 12.3 Å². The molecule has 38 heavy (non-hydrogen) atoms. The number of carbonyl (C=O) groups is 2. The van der Waals surface area contributed by atoms with E-state index in [0.717, 1.165) is 25.1 Å². The van der Waals surface area contributed by atoms with E-state index in [2.05, 4.69) is 20.6 Å². The van der Waals surface area contributed by atoms with Gasteiger partial charge in [-0.25, -0.2) is 9.97 Å². The van der Waals surface area contributed by atoms with Crippen LogP contribution in [0.3, 0.4) is 0 Å². The van der Waals surface area contributed by atoms with E-state index in [9.17, 15) is 27.9 Å². The van der Waals surface area contributed by atoms with Gasteiger partial charge in [-0.2, -0.15) is 13.2 Å². The number of aliphatic hydroxyl groups is 1. The van der Waals surface area contributed by atoms with Crippen LogP contribution in [0.5, 0.6) is 0 Å². The molecule has 1 saturated heterocycles. The molecule has 0 aromatic carbocycles. The summed E-state index contributed by atoms with van der Waals surface area (Å²) in [7, 11) is 11.7. The molecule has 202 valence electrons. The van der Waals surface area contributed by atoms with Crippen molar-refractivity contribution in [1.82, 2.24) is 20.2 Å². The molecule has 3 heterocycles. The zero-order valence-electron chi connectivity index (χ0n) is 22.2. The van der Waals surface area contributed by atoms with Gasteiger partial charge in [-0.1, -0.05) is 0 Å². The van der Waals surface area contributed by atoms with Crippen LogP contribution in [0.4, 0.5) is 19.0 Å². The first-order chi connectivity index (χ1) is 17.2. The van der Waals surface area contributed by atoms with Crippen LogP contribution < -0.4 is 10.6 Å². The molecule has 0 aliphatic carbocycles. The van der Waals surface area contributed by atoms with Crippen molar-refractivity contribution < 1.29 is 27.9 Å². The molecule has 2 amide bonds. The second kappa shape index (κ2) is 10.2. The number of amides is 2.